The maximum atomic E-state index is 4.70. The van der Waals surface area contributed by atoms with Crippen molar-refractivity contribution in [1.29, 1.82) is 0 Å². The van der Waals surface area contributed by atoms with Gasteiger partial charge in [-0.25, -0.2) is 0 Å². The van der Waals surface area contributed by atoms with Crippen molar-refractivity contribution in [3.63, 3.8) is 0 Å². The number of rotatable bonds is 2. The van der Waals surface area contributed by atoms with Gasteiger partial charge in [0, 0.05) is 42.4 Å². The zero-order chi connectivity index (χ0) is 19.5. The highest BCUT2D eigenvalue weighted by Gasteiger charge is 2.20. The van der Waals surface area contributed by atoms with E-state index < -0.39 is 0 Å². The molecule has 3 aromatic carbocycles. The van der Waals surface area contributed by atoms with Crippen molar-refractivity contribution in [1.82, 2.24) is 8.75 Å². The Morgan fingerprint density at radius 3 is 1.41 bits per heavy atom. The Kier molecular flexibility index (Phi) is 4.36. The molecule has 140 valence electrons. The summed E-state index contributed by atoms with van der Waals surface area (Å²) in [6.45, 7) is 0. The SMILES string of the molecule is Brc1sc(-c2ccc(-c3sc(Br)c4ccccc34)c3nsnc23)c2ccccc12. The Hall–Kier alpha value is -1.64. The van der Waals surface area contributed by atoms with Gasteiger partial charge in [-0.15, -0.1) is 22.7 Å². The van der Waals surface area contributed by atoms with E-state index in [2.05, 4.69) is 92.5 Å². The molecule has 0 aliphatic carbocycles. The number of hydrogen-bond acceptors (Lipinski definition) is 5. The first-order chi connectivity index (χ1) is 14.2. The number of thiophene rings is 2. The summed E-state index contributed by atoms with van der Waals surface area (Å²) >= 11 is 12.3. The van der Waals surface area contributed by atoms with Crippen LogP contribution in [0.2, 0.25) is 0 Å². The molecular weight excluding hydrogens is 548 g/mol. The highest BCUT2D eigenvalue weighted by Crippen LogP contribution is 2.47. The van der Waals surface area contributed by atoms with E-state index in [1.807, 2.05) is 0 Å². The Labute approximate surface area is 195 Å². The van der Waals surface area contributed by atoms with Crippen molar-refractivity contribution in [2.75, 3.05) is 0 Å². The maximum Gasteiger partial charge on any atom is 0.114 e. The summed E-state index contributed by atoms with van der Waals surface area (Å²) in [5.74, 6) is 0. The molecule has 0 atom stereocenters. The molecule has 3 aromatic heterocycles. The molecule has 0 saturated heterocycles. The lowest BCUT2D eigenvalue weighted by Gasteiger charge is -2.05. The fourth-order valence-electron chi connectivity index (χ4n) is 3.74. The van der Waals surface area contributed by atoms with Crippen LogP contribution in [-0.4, -0.2) is 8.75 Å². The Bertz CT molecular complexity index is 1430. The largest absolute Gasteiger partial charge is 0.172 e. The zero-order valence-corrected chi connectivity index (χ0v) is 20.3. The fourth-order valence-corrected chi connectivity index (χ4v) is 8.03. The van der Waals surface area contributed by atoms with Gasteiger partial charge >= 0.3 is 0 Å². The van der Waals surface area contributed by atoms with Crippen LogP contribution in [0.3, 0.4) is 0 Å². The quantitative estimate of drug-likeness (QED) is 0.212. The van der Waals surface area contributed by atoms with Gasteiger partial charge in [-0.2, -0.15) is 8.75 Å². The summed E-state index contributed by atoms with van der Waals surface area (Å²) in [4.78, 5) is 2.46. The van der Waals surface area contributed by atoms with Crippen LogP contribution in [0.1, 0.15) is 0 Å². The fraction of sp³-hybridized carbons (Fsp3) is 0. The molecule has 29 heavy (non-hydrogen) atoms. The third-order valence-electron chi connectivity index (χ3n) is 5.05. The molecule has 0 unspecified atom stereocenters. The Balaban J connectivity index is 1.64. The van der Waals surface area contributed by atoms with Crippen LogP contribution in [0.25, 0.3) is 53.5 Å². The average molecular weight is 558 g/mol. The first-order valence-electron chi connectivity index (χ1n) is 8.82. The Morgan fingerprint density at radius 2 is 0.966 bits per heavy atom. The van der Waals surface area contributed by atoms with Gasteiger partial charge in [0.05, 0.1) is 19.3 Å². The van der Waals surface area contributed by atoms with Gasteiger partial charge in [0.2, 0.25) is 0 Å². The minimum absolute atomic E-state index is 0.973. The van der Waals surface area contributed by atoms with Gasteiger partial charge in [-0.1, -0.05) is 60.7 Å². The van der Waals surface area contributed by atoms with Crippen LogP contribution in [0.5, 0.6) is 0 Å². The normalized spacial score (nSPS) is 11.8. The van der Waals surface area contributed by atoms with Crippen molar-refractivity contribution >= 4 is 98.8 Å². The van der Waals surface area contributed by atoms with E-state index in [4.69, 9.17) is 8.75 Å². The first kappa shape index (κ1) is 18.2. The molecule has 2 nitrogen and oxygen atoms in total. The summed E-state index contributed by atoms with van der Waals surface area (Å²) in [7, 11) is 0. The minimum atomic E-state index is 0.973. The van der Waals surface area contributed by atoms with Gasteiger partial charge < -0.3 is 0 Å². The molecule has 0 saturated carbocycles. The summed E-state index contributed by atoms with van der Waals surface area (Å²) in [5.41, 5.74) is 4.23. The standard InChI is InChI=1S/C22H10Br2N2S3/c23-21-13-7-3-1-5-11(13)19(27-21)15-9-10-16(18-17(15)25-29-26-18)20-12-6-2-4-8-14(12)22(24)28-20/h1-10H. The molecule has 0 aliphatic rings. The van der Waals surface area contributed by atoms with E-state index in [-0.39, 0.29) is 0 Å². The monoisotopic (exact) mass is 556 g/mol. The second-order valence-corrected chi connectivity index (χ2v) is 11.8. The predicted molar refractivity (Wildman–Crippen MR) is 134 cm³/mol. The molecule has 0 spiro atoms. The number of hydrogen-bond donors (Lipinski definition) is 0. The highest BCUT2D eigenvalue weighted by molar-refractivity contribution is 9.11. The summed E-state index contributed by atoms with van der Waals surface area (Å²) in [6.07, 6.45) is 0. The van der Waals surface area contributed by atoms with Crippen molar-refractivity contribution < 1.29 is 0 Å². The van der Waals surface area contributed by atoms with Crippen LogP contribution in [0.4, 0.5) is 0 Å². The van der Waals surface area contributed by atoms with Gasteiger partial charge in [-0.05, 0) is 31.9 Å². The molecule has 6 rings (SSSR count). The van der Waals surface area contributed by atoms with Crippen LogP contribution in [-0.2, 0) is 0 Å². The van der Waals surface area contributed by atoms with Crippen LogP contribution in [0, 0.1) is 0 Å². The highest BCUT2D eigenvalue weighted by atomic mass is 79.9. The molecule has 3 heterocycles. The molecule has 0 N–H and O–H groups in total. The smallest absolute Gasteiger partial charge is 0.114 e. The van der Waals surface area contributed by atoms with Gasteiger partial charge in [0.1, 0.15) is 11.0 Å². The molecule has 0 fully saturated rings. The second-order valence-electron chi connectivity index (χ2n) is 6.62. The molecule has 0 radical (unpaired) electrons. The molecule has 0 amide bonds. The van der Waals surface area contributed by atoms with E-state index >= 15 is 0 Å². The number of fused-ring (bicyclic) bond motifs is 3. The predicted octanol–water partition coefficient (Wildman–Crippen LogP) is 8.98. The van der Waals surface area contributed by atoms with Crippen LogP contribution >= 0.6 is 66.3 Å². The van der Waals surface area contributed by atoms with Gasteiger partial charge in [0.25, 0.3) is 0 Å². The van der Waals surface area contributed by atoms with Crippen LogP contribution in [0.15, 0.2) is 68.2 Å². The molecule has 0 bridgehead atoms. The summed E-state index contributed by atoms with van der Waals surface area (Å²) in [5, 5.41) is 4.97. The number of aromatic nitrogens is 2. The van der Waals surface area contributed by atoms with Crippen molar-refractivity contribution in [2.45, 2.75) is 0 Å². The third-order valence-corrected chi connectivity index (χ3v) is 9.50. The molecule has 7 heteroatoms. The lowest BCUT2D eigenvalue weighted by atomic mass is 10.0. The zero-order valence-electron chi connectivity index (χ0n) is 14.6. The first-order valence-corrected chi connectivity index (χ1v) is 12.8. The van der Waals surface area contributed by atoms with E-state index in [1.54, 1.807) is 22.7 Å². The van der Waals surface area contributed by atoms with Crippen molar-refractivity contribution in [2.24, 2.45) is 0 Å². The van der Waals surface area contributed by atoms with E-state index in [0.717, 1.165) is 29.7 Å². The molecular formula is C22H10Br2N2S3. The number of halogens is 2. The van der Waals surface area contributed by atoms with E-state index in [1.165, 1.54) is 43.0 Å². The average Bonchev–Trinajstić information content (AvgIpc) is 3.45. The van der Waals surface area contributed by atoms with E-state index in [0.29, 0.717) is 0 Å². The van der Waals surface area contributed by atoms with Crippen molar-refractivity contribution in [3.05, 3.63) is 68.2 Å². The summed E-state index contributed by atoms with van der Waals surface area (Å²) < 4.78 is 11.7. The Morgan fingerprint density at radius 1 is 0.552 bits per heavy atom. The maximum absolute atomic E-state index is 4.70. The topological polar surface area (TPSA) is 25.8 Å². The lowest BCUT2D eigenvalue weighted by Crippen LogP contribution is -1.83. The van der Waals surface area contributed by atoms with Gasteiger partial charge in [0.15, 0.2) is 0 Å². The van der Waals surface area contributed by atoms with E-state index in [9.17, 15) is 0 Å². The lowest BCUT2D eigenvalue weighted by molar-refractivity contribution is 1.64. The van der Waals surface area contributed by atoms with Crippen LogP contribution < -0.4 is 0 Å². The number of benzene rings is 3. The summed E-state index contributed by atoms with van der Waals surface area (Å²) in [6, 6.07) is 21.4. The number of nitrogens with zero attached hydrogens (tertiary/aromatic N) is 2. The van der Waals surface area contributed by atoms with Gasteiger partial charge in [-0.3, -0.25) is 0 Å². The molecule has 0 aliphatic heterocycles. The minimum Gasteiger partial charge on any atom is -0.172 e. The second kappa shape index (κ2) is 6.96. The third kappa shape index (κ3) is 2.75. The molecule has 6 aromatic rings. The van der Waals surface area contributed by atoms with Crippen molar-refractivity contribution in [3.8, 4) is 20.9 Å².